The van der Waals surface area contributed by atoms with Crippen LogP contribution in [0.2, 0.25) is 0 Å². The predicted molar refractivity (Wildman–Crippen MR) is 48.2 cm³/mol. The Morgan fingerprint density at radius 1 is 1.57 bits per heavy atom. The van der Waals surface area contributed by atoms with Crippen molar-refractivity contribution in [2.24, 2.45) is 11.7 Å². The molecule has 0 radical (unpaired) electrons. The van der Waals surface area contributed by atoms with Crippen LogP contribution < -0.4 is 5.73 Å². The smallest absolute Gasteiger partial charge is 0.308 e. The van der Waals surface area contributed by atoms with E-state index in [0.29, 0.717) is 12.0 Å². The van der Waals surface area contributed by atoms with Gasteiger partial charge in [0.25, 0.3) is 0 Å². The topological polar surface area (TPSA) is 63.3 Å². The molecule has 0 saturated carbocycles. The maximum atomic E-state index is 12.8. The number of benzene rings is 1. The molecule has 1 aliphatic carbocycles. The molecule has 4 heteroatoms. The van der Waals surface area contributed by atoms with Crippen LogP contribution in [-0.2, 0) is 11.2 Å². The predicted octanol–water partition coefficient (Wildman–Crippen LogP) is 1.08. The fourth-order valence-electron chi connectivity index (χ4n) is 1.90. The van der Waals surface area contributed by atoms with Gasteiger partial charge in [0, 0.05) is 6.04 Å². The number of carboxylic acids is 1. The van der Waals surface area contributed by atoms with Gasteiger partial charge in [-0.1, -0.05) is 6.07 Å². The first-order chi connectivity index (χ1) is 6.59. The average Bonchev–Trinajstić information content (AvgIpc) is 2.43. The molecule has 1 aliphatic rings. The molecule has 3 nitrogen and oxygen atoms in total. The number of aliphatic carboxylic acids is 1. The van der Waals surface area contributed by atoms with E-state index in [1.165, 1.54) is 12.1 Å². The number of rotatable bonds is 1. The van der Waals surface area contributed by atoms with Gasteiger partial charge in [0.2, 0.25) is 0 Å². The normalized spacial score (nSPS) is 24.7. The van der Waals surface area contributed by atoms with Crippen LogP contribution in [0.1, 0.15) is 17.2 Å². The summed E-state index contributed by atoms with van der Waals surface area (Å²) in [7, 11) is 0. The zero-order valence-corrected chi connectivity index (χ0v) is 7.40. The lowest BCUT2D eigenvalue weighted by molar-refractivity contribution is -0.142. The lowest BCUT2D eigenvalue weighted by Gasteiger charge is -2.10. The Morgan fingerprint density at radius 2 is 2.29 bits per heavy atom. The third kappa shape index (κ3) is 1.28. The zero-order valence-electron chi connectivity index (χ0n) is 7.40. The van der Waals surface area contributed by atoms with Crippen molar-refractivity contribution in [1.29, 1.82) is 0 Å². The molecule has 0 heterocycles. The number of halogens is 1. The summed E-state index contributed by atoms with van der Waals surface area (Å²) in [5.74, 6) is -1.89. The summed E-state index contributed by atoms with van der Waals surface area (Å²) >= 11 is 0. The van der Waals surface area contributed by atoms with Gasteiger partial charge in [-0.25, -0.2) is 4.39 Å². The monoisotopic (exact) mass is 195 g/mol. The molecular weight excluding hydrogens is 185 g/mol. The summed E-state index contributed by atoms with van der Waals surface area (Å²) in [6, 6.07) is 3.72. The van der Waals surface area contributed by atoms with Gasteiger partial charge in [0.15, 0.2) is 0 Å². The highest BCUT2D eigenvalue weighted by Gasteiger charge is 2.34. The first-order valence-corrected chi connectivity index (χ1v) is 4.36. The van der Waals surface area contributed by atoms with Crippen molar-refractivity contribution in [2.75, 3.05) is 0 Å². The average molecular weight is 195 g/mol. The van der Waals surface area contributed by atoms with E-state index in [0.717, 1.165) is 5.56 Å². The molecule has 0 bridgehead atoms. The summed E-state index contributed by atoms with van der Waals surface area (Å²) < 4.78 is 12.8. The van der Waals surface area contributed by atoms with E-state index in [9.17, 15) is 9.18 Å². The van der Waals surface area contributed by atoms with Crippen molar-refractivity contribution in [3.8, 4) is 0 Å². The van der Waals surface area contributed by atoms with E-state index in [2.05, 4.69) is 0 Å². The van der Waals surface area contributed by atoms with Crippen molar-refractivity contribution in [1.82, 2.24) is 0 Å². The van der Waals surface area contributed by atoms with Crippen LogP contribution >= 0.6 is 0 Å². The molecule has 74 valence electrons. The van der Waals surface area contributed by atoms with Gasteiger partial charge in [-0.05, 0) is 29.7 Å². The molecule has 0 amide bonds. The maximum absolute atomic E-state index is 12.8. The lowest BCUT2D eigenvalue weighted by atomic mass is 10.0. The Labute approximate surface area is 80.3 Å². The van der Waals surface area contributed by atoms with Crippen molar-refractivity contribution in [3.05, 3.63) is 35.1 Å². The third-order valence-electron chi connectivity index (χ3n) is 2.65. The molecule has 2 rings (SSSR count). The summed E-state index contributed by atoms with van der Waals surface area (Å²) in [5.41, 5.74) is 7.20. The second kappa shape index (κ2) is 3.06. The molecule has 0 spiro atoms. The molecule has 2 atom stereocenters. The number of hydrogen-bond donors (Lipinski definition) is 2. The van der Waals surface area contributed by atoms with Crippen LogP contribution in [0.5, 0.6) is 0 Å². The van der Waals surface area contributed by atoms with Crippen LogP contribution in [0.4, 0.5) is 4.39 Å². The molecule has 0 aliphatic heterocycles. The van der Waals surface area contributed by atoms with Gasteiger partial charge in [-0.2, -0.15) is 0 Å². The van der Waals surface area contributed by atoms with Gasteiger partial charge in [-0.3, -0.25) is 4.79 Å². The standard InChI is InChI=1S/C10H10FNO2/c11-6-1-2-7-5(3-6)4-8(9(7)12)10(13)14/h1-3,8-9H,4,12H2,(H,13,14). The minimum Gasteiger partial charge on any atom is -0.481 e. The van der Waals surface area contributed by atoms with E-state index in [1.54, 1.807) is 6.07 Å². The molecule has 0 fully saturated rings. The first-order valence-electron chi connectivity index (χ1n) is 4.36. The van der Waals surface area contributed by atoms with Crippen LogP contribution in [0.25, 0.3) is 0 Å². The van der Waals surface area contributed by atoms with Gasteiger partial charge in [0.1, 0.15) is 5.82 Å². The summed E-state index contributed by atoms with van der Waals surface area (Å²) in [5, 5.41) is 8.85. The lowest BCUT2D eigenvalue weighted by Crippen LogP contribution is -2.24. The van der Waals surface area contributed by atoms with Crippen LogP contribution in [-0.4, -0.2) is 11.1 Å². The number of fused-ring (bicyclic) bond motifs is 1. The fourth-order valence-corrected chi connectivity index (χ4v) is 1.90. The highest BCUT2D eigenvalue weighted by Crippen LogP contribution is 2.34. The first kappa shape index (κ1) is 9.15. The molecular formula is C10H10FNO2. The highest BCUT2D eigenvalue weighted by atomic mass is 19.1. The van der Waals surface area contributed by atoms with Crippen LogP contribution in [0.3, 0.4) is 0 Å². The van der Waals surface area contributed by atoms with Crippen LogP contribution in [0.15, 0.2) is 18.2 Å². The van der Waals surface area contributed by atoms with Gasteiger partial charge < -0.3 is 10.8 Å². The minimum atomic E-state index is -0.922. The van der Waals surface area contributed by atoms with Crippen molar-refractivity contribution >= 4 is 5.97 Å². The van der Waals surface area contributed by atoms with Crippen molar-refractivity contribution < 1.29 is 14.3 Å². The Morgan fingerprint density at radius 3 is 2.93 bits per heavy atom. The van der Waals surface area contributed by atoms with Crippen molar-refractivity contribution in [2.45, 2.75) is 12.5 Å². The quantitative estimate of drug-likeness (QED) is 0.704. The number of hydrogen-bond acceptors (Lipinski definition) is 2. The zero-order chi connectivity index (χ0) is 10.3. The minimum absolute atomic E-state index is 0.323. The van der Waals surface area contributed by atoms with Gasteiger partial charge in [0.05, 0.1) is 5.92 Å². The van der Waals surface area contributed by atoms with Gasteiger partial charge >= 0.3 is 5.97 Å². The third-order valence-corrected chi connectivity index (χ3v) is 2.65. The molecule has 2 unspecified atom stereocenters. The summed E-state index contributed by atoms with van der Waals surface area (Å²) in [4.78, 5) is 10.8. The molecule has 0 aromatic heterocycles. The molecule has 14 heavy (non-hydrogen) atoms. The molecule has 1 aromatic carbocycles. The Bertz CT molecular complexity index is 392. The van der Waals surface area contributed by atoms with E-state index < -0.39 is 17.9 Å². The molecule has 0 saturated heterocycles. The Kier molecular flexibility index (Phi) is 2.00. The summed E-state index contributed by atoms with van der Waals surface area (Å²) in [6.07, 6.45) is 0.323. The second-order valence-corrected chi connectivity index (χ2v) is 3.52. The maximum Gasteiger partial charge on any atom is 0.308 e. The van der Waals surface area contributed by atoms with E-state index in [4.69, 9.17) is 10.8 Å². The Hall–Kier alpha value is -1.42. The van der Waals surface area contributed by atoms with Gasteiger partial charge in [-0.15, -0.1) is 0 Å². The fraction of sp³-hybridized carbons (Fsp3) is 0.300. The number of carbonyl (C=O) groups is 1. The van der Waals surface area contributed by atoms with Crippen molar-refractivity contribution in [3.63, 3.8) is 0 Å². The summed E-state index contributed by atoms with van der Waals surface area (Å²) in [6.45, 7) is 0. The van der Waals surface area contributed by atoms with E-state index in [1.807, 2.05) is 0 Å². The number of nitrogens with two attached hydrogens (primary N) is 1. The van der Waals surface area contributed by atoms with Crippen LogP contribution in [0, 0.1) is 11.7 Å². The highest BCUT2D eigenvalue weighted by molar-refractivity contribution is 5.73. The second-order valence-electron chi connectivity index (χ2n) is 3.52. The molecule has 1 aromatic rings. The number of carboxylic acid groups (broad SMARTS) is 1. The Balaban J connectivity index is 2.40. The molecule has 3 N–H and O–H groups in total. The largest absolute Gasteiger partial charge is 0.481 e. The van der Waals surface area contributed by atoms with E-state index in [-0.39, 0.29) is 5.82 Å². The SMILES string of the molecule is NC1c2ccc(F)cc2CC1C(=O)O. The van der Waals surface area contributed by atoms with E-state index >= 15 is 0 Å².